The fraction of sp³-hybridized carbons (Fsp3) is 0.333. The minimum Gasteiger partial charge on any atom is -0.368 e. The third-order valence-corrected chi connectivity index (χ3v) is 5.26. The van der Waals surface area contributed by atoms with Crippen molar-refractivity contribution >= 4 is 22.6 Å². The van der Waals surface area contributed by atoms with E-state index < -0.39 is 0 Å². The quantitative estimate of drug-likeness (QED) is 0.751. The third kappa shape index (κ3) is 3.47. The van der Waals surface area contributed by atoms with Gasteiger partial charge in [-0.3, -0.25) is 4.79 Å². The predicted molar refractivity (Wildman–Crippen MR) is 108 cm³/mol. The molecule has 140 valence electrons. The minimum absolute atomic E-state index is 0.0929. The summed E-state index contributed by atoms with van der Waals surface area (Å²) >= 11 is 0. The molecule has 0 unspecified atom stereocenters. The number of aromatic nitrogens is 2. The molecule has 6 nitrogen and oxygen atoms in total. The molecule has 0 spiro atoms. The summed E-state index contributed by atoms with van der Waals surface area (Å²) in [5, 5.41) is 0. The first-order chi connectivity index (χ1) is 13.0. The predicted octanol–water partition coefficient (Wildman–Crippen LogP) is 2.94. The van der Waals surface area contributed by atoms with Crippen molar-refractivity contribution in [3.8, 4) is 0 Å². The van der Waals surface area contributed by atoms with E-state index in [2.05, 4.69) is 28.7 Å². The van der Waals surface area contributed by atoms with Gasteiger partial charge in [-0.2, -0.15) is 0 Å². The van der Waals surface area contributed by atoms with Crippen LogP contribution in [0.1, 0.15) is 35.7 Å². The molecule has 1 aliphatic rings. The zero-order valence-corrected chi connectivity index (χ0v) is 15.7. The molecule has 2 aromatic carbocycles. The molecule has 0 saturated carbocycles. The lowest BCUT2D eigenvalue weighted by Gasteiger charge is -2.36. The van der Waals surface area contributed by atoms with Gasteiger partial charge in [0.2, 0.25) is 0 Å². The number of carbonyl (C=O) groups excluding carboxylic acids is 1. The van der Waals surface area contributed by atoms with Gasteiger partial charge in [-0.05, 0) is 41.8 Å². The van der Waals surface area contributed by atoms with Crippen LogP contribution in [0.25, 0.3) is 11.0 Å². The number of amides is 1. The number of anilines is 1. The summed E-state index contributed by atoms with van der Waals surface area (Å²) in [6.45, 7) is 7.22. The highest BCUT2D eigenvalue weighted by Crippen LogP contribution is 2.21. The van der Waals surface area contributed by atoms with Crippen LogP contribution < -0.4 is 10.6 Å². The Bertz CT molecular complexity index is 1010. The van der Waals surface area contributed by atoms with E-state index in [-0.39, 0.29) is 11.6 Å². The van der Waals surface area contributed by atoms with Crippen LogP contribution in [0.3, 0.4) is 0 Å². The SMILES string of the molecule is CC(C)c1ccc(C(=O)N2CCN(c3ccc4[nH]c(=O)[nH]c4c3)CC2)cc1. The molecule has 6 heteroatoms. The van der Waals surface area contributed by atoms with Gasteiger partial charge in [-0.25, -0.2) is 4.79 Å². The number of nitrogens with zero attached hydrogens (tertiary/aromatic N) is 2. The van der Waals surface area contributed by atoms with E-state index in [1.807, 2.05) is 47.4 Å². The zero-order valence-electron chi connectivity index (χ0n) is 15.7. The lowest BCUT2D eigenvalue weighted by molar-refractivity contribution is 0.0747. The van der Waals surface area contributed by atoms with Crippen LogP contribution in [-0.2, 0) is 0 Å². The first-order valence-electron chi connectivity index (χ1n) is 9.37. The average Bonchev–Trinajstić information content (AvgIpc) is 3.07. The van der Waals surface area contributed by atoms with Crippen molar-refractivity contribution in [2.45, 2.75) is 19.8 Å². The first kappa shape index (κ1) is 17.4. The van der Waals surface area contributed by atoms with Crippen LogP contribution in [0.2, 0.25) is 0 Å². The van der Waals surface area contributed by atoms with E-state index in [1.165, 1.54) is 5.56 Å². The third-order valence-electron chi connectivity index (χ3n) is 5.26. The maximum absolute atomic E-state index is 12.8. The summed E-state index contributed by atoms with van der Waals surface area (Å²) in [4.78, 5) is 33.9. The summed E-state index contributed by atoms with van der Waals surface area (Å²) in [5.41, 5.74) is 4.48. The number of nitrogens with one attached hydrogen (secondary N) is 2. The van der Waals surface area contributed by atoms with Gasteiger partial charge in [0.15, 0.2) is 0 Å². The number of piperazine rings is 1. The molecule has 3 aromatic rings. The highest BCUT2D eigenvalue weighted by molar-refractivity contribution is 5.94. The second kappa shape index (κ2) is 6.95. The van der Waals surface area contributed by atoms with Crippen molar-refractivity contribution in [3.05, 3.63) is 64.1 Å². The van der Waals surface area contributed by atoms with Gasteiger partial charge in [-0.1, -0.05) is 26.0 Å². The number of fused-ring (bicyclic) bond motifs is 1. The highest BCUT2D eigenvalue weighted by Gasteiger charge is 2.22. The Labute approximate surface area is 157 Å². The molecule has 0 radical (unpaired) electrons. The number of hydrogen-bond donors (Lipinski definition) is 2. The second-order valence-electron chi connectivity index (χ2n) is 7.36. The van der Waals surface area contributed by atoms with Gasteiger partial charge in [0, 0.05) is 37.4 Å². The second-order valence-corrected chi connectivity index (χ2v) is 7.36. The van der Waals surface area contributed by atoms with E-state index in [0.29, 0.717) is 19.0 Å². The van der Waals surface area contributed by atoms with E-state index >= 15 is 0 Å². The summed E-state index contributed by atoms with van der Waals surface area (Å²) in [7, 11) is 0. The number of carbonyl (C=O) groups is 1. The molecular weight excluding hydrogens is 340 g/mol. The van der Waals surface area contributed by atoms with Crippen LogP contribution in [0.4, 0.5) is 5.69 Å². The molecule has 0 aliphatic carbocycles. The molecule has 27 heavy (non-hydrogen) atoms. The van der Waals surface area contributed by atoms with Crippen LogP contribution in [-0.4, -0.2) is 47.0 Å². The Balaban J connectivity index is 1.43. The molecule has 0 bridgehead atoms. The summed E-state index contributed by atoms with van der Waals surface area (Å²) < 4.78 is 0. The van der Waals surface area contributed by atoms with Gasteiger partial charge in [0.05, 0.1) is 11.0 Å². The van der Waals surface area contributed by atoms with Crippen molar-refractivity contribution in [1.29, 1.82) is 0 Å². The monoisotopic (exact) mass is 364 g/mol. The topological polar surface area (TPSA) is 72.2 Å². The first-order valence-corrected chi connectivity index (χ1v) is 9.37. The number of aromatic amines is 2. The number of H-pyrrole nitrogens is 2. The Morgan fingerprint density at radius 3 is 2.26 bits per heavy atom. The van der Waals surface area contributed by atoms with E-state index in [1.54, 1.807) is 0 Å². The van der Waals surface area contributed by atoms with Crippen LogP contribution in [0, 0.1) is 0 Å². The average molecular weight is 364 g/mol. The lowest BCUT2D eigenvalue weighted by Crippen LogP contribution is -2.48. The molecule has 2 N–H and O–H groups in total. The maximum atomic E-state index is 12.8. The number of benzene rings is 2. The fourth-order valence-electron chi connectivity index (χ4n) is 3.58. The van der Waals surface area contributed by atoms with Crippen molar-refractivity contribution in [2.24, 2.45) is 0 Å². The van der Waals surface area contributed by atoms with Crippen molar-refractivity contribution in [2.75, 3.05) is 31.1 Å². The molecule has 0 atom stereocenters. The van der Waals surface area contributed by atoms with Crippen molar-refractivity contribution in [1.82, 2.24) is 14.9 Å². The normalized spacial score (nSPS) is 14.9. The van der Waals surface area contributed by atoms with Gasteiger partial charge in [0.25, 0.3) is 5.91 Å². The number of rotatable bonds is 3. The van der Waals surface area contributed by atoms with Gasteiger partial charge < -0.3 is 19.8 Å². The van der Waals surface area contributed by atoms with Crippen LogP contribution in [0.15, 0.2) is 47.3 Å². The van der Waals surface area contributed by atoms with Gasteiger partial charge in [0.1, 0.15) is 0 Å². The largest absolute Gasteiger partial charge is 0.368 e. The van der Waals surface area contributed by atoms with Crippen LogP contribution in [0.5, 0.6) is 0 Å². The molecular formula is C21H24N4O2. The molecule has 1 aromatic heterocycles. The van der Waals surface area contributed by atoms with E-state index in [9.17, 15) is 9.59 Å². The summed E-state index contributed by atoms with van der Waals surface area (Å²) in [6.07, 6.45) is 0. The van der Waals surface area contributed by atoms with Crippen LogP contribution >= 0.6 is 0 Å². The standard InChI is InChI=1S/C21H24N4O2/c1-14(2)15-3-5-16(6-4-15)20(26)25-11-9-24(10-12-25)17-7-8-18-19(13-17)23-21(27)22-18/h3-8,13-14H,9-12H2,1-2H3,(H2,22,23,27). The summed E-state index contributed by atoms with van der Waals surface area (Å²) in [6, 6.07) is 13.8. The lowest BCUT2D eigenvalue weighted by atomic mass is 10.0. The molecule has 1 aliphatic heterocycles. The Morgan fingerprint density at radius 2 is 1.59 bits per heavy atom. The minimum atomic E-state index is -0.193. The van der Waals surface area contributed by atoms with Gasteiger partial charge >= 0.3 is 5.69 Å². The number of imidazole rings is 1. The molecule has 4 rings (SSSR count). The fourth-order valence-corrected chi connectivity index (χ4v) is 3.58. The Hall–Kier alpha value is -3.02. The van der Waals surface area contributed by atoms with Crippen molar-refractivity contribution < 1.29 is 4.79 Å². The smallest absolute Gasteiger partial charge is 0.323 e. The highest BCUT2D eigenvalue weighted by atomic mass is 16.2. The van der Waals surface area contributed by atoms with E-state index in [0.717, 1.165) is 35.4 Å². The van der Waals surface area contributed by atoms with Gasteiger partial charge in [-0.15, -0.1) is 0 Å². The van der Waals surface area contributed by atoms with Crippen molar-refractivity contribution in [3.63, 3.8) is 0 Å². The summed E-state index contributed by atoms with van der Waals surface area (Å²) in [5.74, 6) is 0.556. The zero-order chi connectivity index (χ0) is 19.0. The molecule has 2 heterocycles. The number of hydrogen-bond acceptors (Lipinski definition) is 3. The molecule has 1 fully saturated rings. The Morgan fingerprint density at radius 1 is 0.926 bits per heavy atom. The van der Waals surface area contributed by atoms with E-state index in [4.69, 9.17) is 0 Å². The molecule has 1 saturated heterocycles. The molecule has 1 amide bonds. The maximum Gasteiger partial charge on any atom is 0.323 e. The Kier molecular flexibility index (Phi) is 4.48.